The Morgan fingerprint density at radius 1 is 0.378 bits per heavy atom. The lowest BCUT2D eigenvalue weighted by molar-refractivity contribution is 0.669. The molecule has 0 spiro atoms. The van der Waals surface area contributed by atoms with Gasteiger partial charge in [0, 0.05) is 10.8 Å². The molecule has 1 heterocycles. The van der Waals surface area contributed by atoms with Gasteiger partial charge in [0.1, 0.15) is 11.2 Å². The van der Waals surface area contributed by atoms with Crippen molar-refractivity contribution in [2.24, 2.45) is 0 Å². The zero-order valence-corrected chi connectivity index (χ0v) is 20.1. The molecule has 0 unspecified atom stereocenters. The second-order valence-electron chi connectivity index (χ2n) is 9.68. The number of furan rings is 1. The molecule has 1 aromatic heterocycles. The summed E-state index contributed by atoms with van der Waals surface area (Å²) >= 11 is 0. The van der Waals surface area contributed by atoms with Crippen LogP contribution in [-0.4, -0.2) is 0 Å². The van der Waals surface area contributed by atoms with Crippen LogP contribution in [0.2, 0.25) is 0 Å². The molecule has 0 bridgehead atoms. The molecule has 172 valence electrons. The van der Waals surface area contributed by atoms with E-state index in [9.17, 15) is 0 Å². The summed E-state index contributed by atoms with van der Waals surface area (Å²) in [6.07, 6.45) is 0. The van der Waals surface area contributed by atoms with Crippen molar-refractivity contribution < 1.29 is 4.42 Å². The fourth-order valence-electron chi connectivity index (χ4n) is 6.06. The first-order chi connectivity index (χ1) is 18.4. The van der Waals surface area contributed by atoms with Crippen molar-refractivity contribution in [1.29, 1.82) is 0 Å². The van der Waals surface area contributed by atoms with Crippen molar-refractivity contribution in [2.45, 2.75) is 0 Å². The van der Waals surface area contributed by atoms with E-state index in [4.69, 9.17) is 4.42 Å². The van der Waals surface area contributed by atoms with Crippen LogP contribution in [0.25, 0.3) is 76.5 Å². The monoisotopic (exact) mass is 470 g/mol. The van der Waals surface area contributed by atoms with Crippen LogP contribution < -0.4 is 0 Å². The molecule has 8 rings (SSSR count). The van der Waals surface area contributed by atoms with Gasteiger partial charge in [0.25, 0.3) is 0 Å². The van der Waals surface area contributed by atoms with Crippen LogP contribution in [0.15, 0.2) is 138 Å². The maximum Gasteiger partial charge on any atom is 0.136 e. The summed E-state index contributed by atoms with van der Waals surface area (Å²) in [5.41, 5.74) is 6.83. The van der Waals surface area contributed by atoms with Crippen LogP contribution >= 0.6 is 0 Å². The van der Waals surface area contributed by atoms with Gasteiger partial charge >= 0.3 is 0 Å². The summed E-state index contributed by atoms with van der Waals surface area (Å²) in [5, 5.41) is 9.87. The van der Waals surface area contributed by atoms with Gasteiger partial charge in [-0.15, -0.1) is 0 Å². The van der Waals surface area contributed by atoms with Gasteiger partial charge in [0.05, 0.1) is 0 Å². The topological polar surface area (TPSA) is 13.1 Å². The molecule has 8 aromatic rings. The minimum absolute atomic E-state index is 0.922. The molecule has 0 atom stereocenters. The normalized spacial score (nSPS) is 11.8. The van der Waals surface area contributed by atoms with Gasteiger partial charge in [0.15, 0.2) is 0 Å². The minimum atomic E-state index is 0.922. The molecule has 37 heavy (non-hydrogen) atoms. The van der Waals surface area contributed by atoms with Crippen LogP contribution in [0.5, 0.6) is 0 Å². The molecular formula is C36H22O. The second kappa shape index (κ2) is 7.81. The second-order valence-corrected chi connectivity index (χ2v) is 9.68. The molecule has 0 saturated heterocycles. The summed E-state index contributed by atoms with van der Waals surface area (Å²) < 4.78 is 6.27. The van der Waals surface area contributed by atoms with Crippen molar-refractivity contribution in [3.05, 3.63) is 133 Å². The minimum Gasteiger partial charge on any atom is -0.456 e. The molecule has 0 aliphatic heterocycles. The van der Waals surface area contributed by atoms with Gasteiger partial charge in [-0.1, -0.05) is 115 Å². The van der Waals surface area contributed by atoms with Crippen LogP contribution in [-0.2, 0) is 0 Å². The standard InChI is InChI=1S/C36H22O/c1-2-11-24-22-25(21-20-23(24)10-1)34-26-12-3-5-14-28(26)35(29-15-6-4-13-27(29)34)31-17-9-19-33-36(31)30-16-7-8-18-32(30)37-33/h1-22H. The Morgan fingerprint density at radius 3 is 1.68 bits per heavy atom. The van der Waals surface area contributed by atoms with Gasteiger partial charge in [-0.05, 0) is 72.8 Å². The number of benzene rings is 7. The maximum atomic E-state index is 6.27. The van der Waals surface area contributed by atoms with Gasteiger partial charge in [-0.25, -0.2) is 0 Å². The summed E-state index contributed by atoms with van der Waals surface area (Å²) in [6, 6.07) is 47.9. The van der Waals surface area contributed by atoms with Crippen molar-refractivity contribution in [1.82, 2.24) is 0 Å². The summed E-state index contributed by atoms with van der Waals surface area (Å²) in [5.74, 6) is 0. The number of rotatable bonds is 2. The number of para-hydroxylation sites is 1. The Balaban J connectivity index is 1.55. The first kappa shape index (κ1) is 20.3. The Hall–Kier alpha value is -4.88. The highest BCUT2D eigenvalue weighted by molar-refractivity contribution is 6.25. The molecule has 7 aromatic carbocycles. The fraction of sp³-hybridized carbons (Fsp3) is 0. The number of hydrogen-bond donors (Lipinski definition) is 0. The van der Waals surface area contributed by atoms with Crippen molar-refractivity contribution >= 4 is 54.3 Å². The van der Waals surface area contributed by atoms with E-state index in [-0.39, 0.29) is 0 Å². The average Bonchev–Trinajstić information content (AvgIpc) is 3.35. The van der Waals surface area contributed by atoms with Crippen LogP contribution in [0.1, 0.15) is 0 Å². The van der Waals surface area contributed by atoms with Crippen molar-refractivity contribution in [3.63, 3.8) is 0 Å². The first-order valence-corrected chi connectivity index (χ1v) is 12.7. The van der Waals surface area contributed by atoms with E-state index >= 15 is 0 Å². The molecule has 0 aliphatic carbocycles. The van der Waals surface area contributed by atoms with Crippen LogP contribution in [0, 0.1) is 0 Å². The number of fused-ring (bicyclic) bond motifs is 6. The molecule has 1 heteroatoms. The fourth-order valence-corrected chi connectivity index (χ4v) is 6.06. The predicted molar refractivity (Wildman–Crippen MR) is 157 cm³/mol. The Labute approximate surface area is 214 Å². The van der Waals surface area contributed by atoms with E-state index in [0.29, 0.717) is 0 Å². The first-order valence-electron chi connectivity index (χ1n) is 12.7. The highest BCUT2D eigenvalue weighted by Crippen LogP contribution is 2.46. The van der Waals surface area contributed by atoms with Gasteiger partial charge in [-0.2, -0.15) is 0 Å². The lowest BCUT2D eigenvalue weighted by Crippen LogP contribution is -1.91. The zero-order valence-electron chi connectivity index (χ0n) is 20.1. The van der Waals surface area contributed by atoms with Crippen molar-refractivity contribution in [2.75, 3.05) is 0 Å². The van der Waals surface area contributed by atoms with E-state index in [1.165, 1.54) is 60.0 Å². The predicted octanol–water partition coefficient (Wildman–Crippen LogP) is 10.4. The summed E-state index contributed by atoms with van der Waals surface area (Å²) in [7, 11) is 0. The Bertz CT molecular complexity index is 2090. The largest absolute Gasteiger partial charge is 0.456 e. The zero-order chi connectivity index (χ0) is 24.3. The van der Waals surface area contributed by atoms with E-state index < -0.39 is 0 Å². The lowest BCUT2D eigenvalue weighted by Gasteiger charge is -2.18. The van der Waals surface area contributed by atoms with E-state index in [1.807, 2.05) is 6.07 Å². The van der Waals surface area contributed by atoms with Gasteiger partial charge in [-0.3, -0.25) is 0 Å². The third kappa shape index (κ3) is 2.98. The average molecular weight is 471 g/mol. The molecular weight excluding hydrogens is 448 g/mol. The van der Waals surface area contributed by atoms with Crippen molar-refractivity contribution in [3.8, 4) is 22.3 Å². The van der Waals surface area contributed by atoms with E-state index in [2.05, 4.69) is 127 Å². The molecule has 0 N–H and O–H groups in total. The summed E-state index contributed by atoms with van der Waals surface area (Å²) in [6.45, 7) is 0. The molecule has 0 saturated carbocycles. The molecule has 0 radical (unpaired) electrons. The molecule has 0 amide bonds. The highest BCUT2D eigenvalue weighted by atomic mass is 16.3. The third-order valence-corrected chi connectivity index (χ3v) is 7.64. The molecule has 0 aliphatic rings. The van der Waals surface area contributed by atoms with E-state index in [0.717, 1.165) is 16.6 Å². The van der Waals surface area contributed by atoms with Gasteiger partial charge in [0.2, 0.25) is 0 Å². The highest BCUT2D eigenvalue weighted by Gasteiger charge is 2.20. The maximum absolute atomic E-state index is 6.27. The molecule has 1 nitrogen and oxygen atoms in total. The molecule has 0 fully saturated rings. The van der Waals surface area contributed by atoms with Crippen LogP contribution in [0.3, 0.4) is 0 Å². The summed E-state index contributed by atoms with van der Waals surface area (Å²) in [4.78, 5) is 0. The van der Waals surface area contributed by atoms with Gasteiger partial charge < -0.3 is 4.42 Å². The Kier molecular flexibility index (Phi) is 4.29. The lowest BCUT2D eigenvalue weighted by atomic mass is 9.84. The van der Waals surface area contributed by atoms with E-state index in [1.54, 1.807) is 0 Å². The smallest absolute Gasteiger partial charge is 0.136 e. The quantitative estimate of drug-likeness (QED) is 0.229. The SMILES string of the molecule is c1ccc2cc(-c3c4ccccc4c(-c4cccc5oc6ccccc6c45)c4ccccc34)ccc2c1. The Morgan fingerprint density at radius 2 is 0.946 bits per heavy atom. The number of hydrogen-bond acceptors (Lipinski definition) is 1. The third-order valence-electron chi connectivity index (χ3n) is 7.64. The van der Waals surface area contributed by atoms with Crippen LogP contribution in [0.4, 0.5) is 0 Å².